The van der Waals surface area contributed by atoms with E-state index in [1.807, 2.05) is 18.2 Å². The van der Waals surface area contributed by atoms with Gasteiger partial charge in [0.15, 0.2) is 17.3 Å². The van der Waals surface area contributed by atoms with Crippen molar-refractivity contribution in [2.75, 3.05) is 33.1 Å². The van der Waals surface area contributed by atoms with E-state index in [-0.39, 0.29) is 37.8 Å². The Morgan fingerprint density at radius 1 is 1.17 bits per heavy atom. The lowest BCUT2D eigenvalue weighted by atomic mass is 9.97. The lowest BCUT2D eigenvalue weighted by Gasteiger charge is -2.30. The van der Waals surface area contributed by atoms with Gasteiger partial charge in [-0.2, -0.15) is 0 Å². The van der Waals surface area contributed by atoms with E-state index >= 15 is 0 Å². The SMILES string of the molecule is CCOC(=O)C1CCN(C(=O)COCc2cc(-c3ccc4c(c3)OCO4)on2)CC1. The first-order chi connectivity index (χ1) is 14.6. The van der Waals surface area contributed by atoms with E-state index in [9.17, 15) is 9.59 Å². The Labute approximate surface area is 173 Å². The fourth-order valence-electron chi connectivity index (χ4n) is 3.52. The highest BCUT2D eigenvalue weighted by molar-refractivity contribution is 5.78. The van der Waals surface area contributed by atoms with Gasteiger partial charge in [0, 0.05) is 24.7 Å². The highest BCUT2D eigenvalue weighted by Crippen LogP contribution is 2.36. The van der Waals surface area contributed by atoms with Crippen LogP contribution in [0.3, 0.4) is 0 Å². The first-order valence-electron chi connectivity index (χ1n) is 10.0. The molecule has 1 aromatic heterocycles. The molecule has 2 aliphatic rings. The van der Waals surface area contributed by atoms with Gasteiger partial charge in [0.25, 0.3) is 0 Å². The van der Waals surface area contributed by atoms with Crippen molar-refractivity contribution < 1.29 is 33.1 Å². The second-order valence-electron chi connectivity index (χ2n) is 7.15. The normalized spacial score (nSPS) is 16.0. The van der Waals surface area contributed by atoms with Crippen LogP contribution >= 0.6 is 0 Å². The van der Waals surface area contributed by atoms with Crippen LogP contribution in [-0.4, -0.2) is 55.0 Å². The molecular weight excluding hydrogens is 392 g/mol. The molecule has 9 heteroatoms. The van der Waals surface area contributed by atoms with Crippen molar-refractivity contribution in [1.82, 2.24) is 10.1 Å². The topological polar surface area (TPSA) is 100 Å². The number of fused-ring (bicyclic) bond motifs is 1. The van der Waals surface area contributed by atoms with Crippen LogP contribution < -0.4 is 9.47 Å². The second kappa shape index (κ2) is 9.17. The van der Waals surface area contributed by atoms with Crippen LogP contribution in [0.15, 0.2) is 28.8 Å². The molecule has 0 unspecified atom stereocenters. The molecule has 2 aliphatic heterocycles. The van der Waals surface area contributed by atoms with Gasteiger partial charge in [-0.15, -0.1) is 0 Å². The van der Waals surface area contributed by atoms with Crippen molar-refractivity contribution >= 4 is 11.9 Å². The summed E-state index contributed by atoms with van der Waals surface area (Å²) in [7, 11) is 0. The van der Waals surface area contributed by atoms with Gasteiger partial charge >= 0.3 is 5.97 Å². The Hall–Kier alpha value is -3.07. The summed E-state index contributed by atoms with van der Waals surface area (Å²) >= 11 is 0. The minimum absolute atomic E-state index is 0.0453. The predicted molar refractivity (Wildman–Crippen MR) is 104 cm³/mol. The second-order valence-corrected chi connectivity index (χ2v) is 7.15. The van der Waals surface area contributed by atoms with Crippen LogP contribution in [0.5, 0.6) is 11.5 Å². The third-order valence-electron chi connectivity index (χ3n) is 5.16. The van der Waals surface area contributed by atoms with Crippen molar-refractivity contribution in [3.05, 3.63) is 30.0 Å². The van der Waals surface area contributed by atoms with E-state index in [4.69, 9.17) is 23.5 Å². The van der Waals surface area contributed by atoms with Crippen LogP contribution in [0.1, 0.15) is 25.5 Å². The van der Waals surface area contributed by atoms with Crippen LogP contribution in [0.2, 0.25) is 0 Å². The maximum absolute atomic E-state index is 12.3. The molecular formula is C21H24N2O7. The molecule has 1 saturated heterocycles. The van der Waals surface area contributed by atoms with E-state index < -0.39 is 0 Å². The van der Waals surface area contributed by atoms with Crippen LogP contribution in [-0.2, 0) is 25.7 Å². The summed E-state index contributed by atoms with van der Waals surface area (Å²) in [6.45, 7) is 3.57. The number of hydrogen-bond donors (Lipinski definition) is 0. The van der Waals surface area contributed by atoms with Crippen LogP contribution in [0.4, 0.5) is 0 Å². The number of hydrogen-bond acceptors (Lipinski definition) is 8. The maximum atomic E-state index is 12.3. The average molecular weight is 416 g/mol. The molecule has 3 heterocycles. The third-order valence-corrected chi connectivity index (χ3v) is 5.16. The number of carbonyl (C=O) groups excluding carboxylic acids is 2. The summed E-state index contributed by atoms with van der Waals surface area (Å²) in [6, 6.07) is 7.28. The summed E-state index contributed by atoms with van der Waals surface area (Å²) in [5.41, 5.74) is 1.41. The van der Waals surface area contributed by atoms with Gasteiger partial charge in [-0.25, -0.2) is 0 Å². The molecule has 160 valence electrons. The summed E-state index contributed by atoms with van der Waals surface area (Å²) in [5, 5.41) is 3.99. The lowest BCUT2D eigenvalue weighted by Crippen LogP contribution is -2.42. The van der Waals surface area contributed by atoms with Crippen molar-refractivity contribution in [1.29, 1.82) is 0 Å². The third kappa shape index (κ3) is 4.56. The number of rotatable bonds is 7. The molecule has 0 spiro atoms. The zero-order valence-corrected chi connectivity index (χ0v) is 16.8. The van der Waals surface area contributed by atoms with Crippen LogP contribution in [0, 0.1) is 5.92 Å². The molecule has 4 rings (SSSR count). The van der Waals surface area contributed by atoms with Crippen molar-refractivity contribution in [3.8, 4) is 22.8 Å². The minimum Gasteiger partial charge on any atom is -0.466 e. The minimum atomic E-state index is -0.176. The molecule has 1 amide bonds. The summed E-state index contributed by atoms with van der Waals surface area (Å²) in [6.07, 6.45) is 1.24. The number of aromatic nitrogens is 1. The molecule has 9 nitrogen and oxygen atoms in total. The monoisotopic (exact) mass is 416 g/mol. The number of piperidine rings is 1. The molecule has 1 fully saturated rings. The highest BCUT2D eigenvalue weighted by Gasteiger charge is 2.28. The first-order valence-corrected chi connectivity index (χ1v) is 10.0. The largest absolute Gasteiger partial charge is 0.466 e. The molecule has 0 aliphatic carbocycles. The van der Waals surface area contributed by atoms with Crippen molar-refractivity contribution in [3.63, 3.8) is 0 Å². The van der Waals surface area contributed by atoms with E-state index in [1.54, 1.807) is 17.9 Å². The smallest absolute Gasteiger partial charge is 0.309 e. The molecule has 2 aromatic rings. The van der Waals surface area contributed by atoms with Gasteiger partial charge in [0.2, 0.25) is 12.7 Å². The Balaban J connectivity index is 1.22. The number of esters is 1. The quantitative estimate of drug-likeness (QED) is 0.635. The van der Waals surface area contributed by atoms with Crippen molar-refractivity contribution in [2.24, 2.45) is 5.92 Å². The number of amides is 1. The molecule has 0 saturated carbocycles. The Kier molecular flexibility index (Phi) is 6.18. The number of carbonyl (C=O) groups is 2. The van der Waals surface area contributed by atoms with Gasteiger partial charge in [-0.05, 0) is 38.0 Å². The van der Waals surface area contributed by atoms with E-state index in [2.05, 4.69) is 5.16 Å². The van der Waals surface area contributed by atoms with Gasteiger partial charge in [0.1, 0.15) is 12.3 Å². The number of nitrogens with zero attached hydrogens (tertiary/aromatic N) is 2. The molecule has 1 aromatic carbocycles. The Morgan fingerprint density at radius 3 is 2.77 bits per heavy atom. The Bertz CT molecular complexity index is 903. The predicted octanol–water partition coefficient (Wildman–Crippen LogP) is 2.39. The highest BCUT2D eigenvalue weighted by atomic mass is 16.7. The first kappa shape index (κ1) is 20.2. The van der Waals surface area contributed by atoms with Gasteiger partial charge < -0.3 is 28.4 Å². The number of likely N-dealkylation sites (tertiary alicyclic amines) is 1. The fourth-order valence-corrected chi connectivity index (χ4v) is 3.52. The standard InChI is InChI=1S/C21H24N2O7/c1-2-27-21(25)14-5-7-23(8-6-14)20(24)12-26-11-16-10-18(30-22-16)15-3-4-17-19(9-15)29-13-28-17/h3-4,9-10,14H,2,5-8,11-13H2,1H3. The molecule has 30 heavy (non-hydrogen) atoms. The average Bonchev–Trinajstić information content (AvgIpc) is 3.43. The molecule has 0 atom stereocenters. The summed E-state index contributed by atoms with van der Waals surface area (Å²) < 4.78 is 26.6. The maximum Gasteiger partial charge on any atom is 0.309 e. The summed E-state index contributed by atoms with van der Waals surface area (Å²) in [5.74, 6) is 1.55. The van der Waals surface area contributed by atoms with Gasteiger partial charge in [-0.1, -0.05) is 5.16 Å². The number of benzene rings is 1. The molecule has 0 bridgehead atoms. The zero-order valence-electron chi connectivity index (χ0n) is 16.8. The lowest BCUT2D eigenvalue weighted by molar-refractivity contribution is -0.152. The van der Waals surface area contributed by atoms with E-state index in [1.165, 1.54) is 0 Å². The van der Waals surface area contributed by atoms with E-state index in [0.717, 1.165) is 5.56 Å². The van der Waals surface area contributed by atoms with E-state index in [0.29, 0.717) is 55.5 Å². The van der Waals surface area contributed by atoms with Gasteiger partial charge in [-0.3, -0.25) is 9.59 Å². The van der Waals surface area contributed by atoms with Crippen molar-refractivity contribution in [2.45, 2.75) is 26.4 Å². The van der Waals surface area contributed by atoms with Gasteiger partial charge in [0.05, 0.1) is 19.1 Å². The number of ether oxygens (including phenoxy) is 4. The molecule has 0 N–H and O–H groups in total. The van der Waals surface area contributed by atoms with Crippen LogP contribution in [0.25, 0.3) is 11.3 Å². The zero-order chi connectivity index (χ0) is 20.9. The fraction of sp³-hybridized carbons (Fsp3) is 0.476. The molecule has 0 radical (unpaired) electrons. The Morgan fingerprint density at radius 2 is 1.97 bits per heavy atom. The summed E-state index contributed by atoms with van der Waals surface area (Å²) in [4.78, 5) is 25.8.